The highest BCUT2D eigenvalue weighted by molar-refractivity contribution is 6.36. The number of halogens is 4. The Kier molecular flexibility index (Phi) is 10.7. The molecule has 0 spiro atoms. The van der Waals surface area contributed by atoms with Crippen molar-refractivity contribution < 1.29 is 24.5 Å². The van der Waals surface area contributed by atoms with Crippen LogP contribution in [-0.2, 0) is 4.79 Å². The zero-order valence-corrected chi connectivity index (χ0v) is 17.3. The third-order valence-electron chi connectivity index (χ3n) is 2.95. The zero-order chi connectivity index (χ0) is 20.4. The summed E-state index contributed by atoms with van der Waals surface area (Å²) in [6.45, 7) is 1.64. The first-order chi connectivity index (χ1) is 12.7. The van der Waals surface area contributed by atoms with Gasteiger partial charge < -0.3 is 19.7 Å². The summed E-state index contributed by atoms with van der Waals surface area (Å²) >= 11 is 23.5. The van der Waals surface area contributed by atoms with Gasteiger partial charge in [0.2, 0.25) is 0 Å². The molecule has 148 valence electrons. The van der Waals surface area contributed by atoms with Crippen LogP contribution in [0.4, 0.5) is 0 Å². The van der Waals surface area contributed by atoms with Crippen molar-refractivity contribution in [2.24, 2.45) is 0 Å². The van der Waals surface area contributed by atoms with E-state index in [2.05, 4.69) is 0 Å². The van der Waals surface area contributed by atoms with Gasteiger partial charge in [-0.3, -0.25) is 4.79 Å². The van der Waals surface area contributed by atoms with E-state index >= 15 is 0 Å². The lowest BCUT2D eigenvalue weighted by molar-refractivity contribution is -0.136. The fourth-order valence-electron chi connectivity index (χ4n) is 1.60. The number of ether oxygens (including phenoxy) is 2. The van der Waals surface area contributed by atoms with Gasteiger partial charge in [0.05, 0.1) is 10.0 Å². The molecule has 2 aromatic carbocycles. The van der Waals surface area contributed by atoms with Gasteiger partial charge in [-0.2, -0.15) is 0 Å². The number of carbonyl (C=O) groups is 1. The average Bonchev–Trinajstić information content (AvgIpc) is 2.60. The smallest absolute Gasteiger partial charge is 0.303 e. The van der Waals surface area contributed by atoms with E-state index < -0.39 is 12.1 Å². The Bertz CT molecular complexity index is 699. The molecule has 0 saturated heterocycles. The van der Waals surface area contributed by atoms with Crippen molar-refractivity contribution in [2.45, 2.75) is 19.4 Å². The first-order valence-corrected chi connectivity index (χ1v) is 9.29. The van der Waals surface area contributed by atoms with Crippen molar-refractivity contribution in [3.05, 3.63) is 56.5 Å². The molecule has 0 aliphatic rings. The van der Waals surface area contributed by atoms with Crippen LogP contribution in [-0.4, -0.2) is 35.5 Å². The van der Waals surface area contributed by atoms with Crippen LogP contribution in [0, 0.1) is 0 Å². The van der Waals surface area contributed by atoms with Crippen LogP contribution in [0.1, 0.15) is 13.3 Å². The third kappa shape index (κ3) is 9.40. The summed E-state index contributed by atoms with van der Waals surface area (Å²) in [6, 6.07) is 9.70. The predicted octanol–water partition coefficient (Wildman–Crippen LogP) is 5.60. The van der Waals surface area contributed by atoms with Crippen LogP contribution >= 0.6 is 46.4 Å². The predicted molar refractivity (Wildman–Crippen MR) is 108 cm³/mol. The summed E-state index contributed by atoms with van der Waals surface area (Å²) in [7, 11) is 0. The van der Waals surface area contributed by atoms with Crippen LogP contribution < -0.4 is 9.47 Å². The molecule has 0 aromatic heterocycles. The summed E-state index contributed by atoms with van der Waals surface area (Å²) in [5, 5.41) is 19.4. The number of carboxylic acid groups (broad SMARTS) is 1. The topological polar surface area (TPSA) is 76.0 Å². The Balaban J connectivity index is 0.000000646. The van der Waals surface area contributed by atoms with Gasteiger partial charge in [-0.25, -0.2) is 0 Å². The molecule has 2 rings (SSSR count). The van der Waals surface area contributed by atoms with Crippen molar-refractivity contribution in [1.82, 2.24) is 0 Å². The molecule has 0 unspecified atom stereocenters. The quantitative estimate of drug-likeness (QED) is 0.568. The number of aliphatic hydroxyl groups is 1. The molecular formula is C18H18Cl4O5. The minimum atomic E-state index is -0.849. The van der Waals surface area contributed by atoms with E-state index in [0.717, 1.165) is 0 Å². The normalized spacial score (nSPS) is 10.2. The number of hydrogen-bond acceptors (Lipinski definition) is 4. The van der Waals surface area contributed by atoms with E-state index in [0.29, 0.717) is 31.6 Å². The standard InChI is InChI=1S/C15H12Cl4O3.C3H6O2/c16-9-1-3-14(12(18)5-9)21-7-11(20)8-22-15-4-2-10(17)6-13(15)19;1-2-3(4)5/h1-6,11,20H,7-8H2;2H2,1H3,(H,4,5). The van der Waals surface area contributed by atoms with Gasteiger partial charge in [0.15, 0.2) is 0 Å². The minimum Gasteiger partial charge on any atom is -0.489 e. The molecular weight excluding hydrogens is 438 g/mol. The van der Waals surface area contributed by atoms with E-state index in [4.69, 9.17) is 61.0 Å². The molecule has 0 saturated carbocycles. The Morgan fingerprint density at radius 2 is 1.30 bits per heavy atom. The number of aliphatic carboxylic acids is 1. The number of aliphatic hydroxyl groups excluding tert-OH is 1. The molecule has 2 N–H and O–H groups in total. The number of rotatable bonds is 7. The number of benzene rings is 2. The molecule has 9 heteroatoms. The van der Waals surface area contributed by atoms with Crippen molar-refractivity contribution in [1.29, 1.82) is 0 Å². The minimum absolute atomic E-state index is 0.0204. The van der Waals surface area contributed by atoms with Gasteiger partial charge >= 0.3 is 5.97 Å². The summed E-state index contributed by atoms with van der Waals surface area (Å²) in [6.07, 6.45) is -0.626. The van der Waals surface area contributed by atoms with Crippen molar-refractivity contribution in [2.75, 3.05) is 13.2 Å². The lowest BCUT2D eigenvalue weighted by Gasteiger charge is -2.15. The van der Waals surface area contributed by atoms with Gasteiger partial charge in [-0.15, -0.1) is 0 Å². The van der Waals surface area contributed by atoms with Gasteiger partial charge in [-0.05, 0) is 36.4 Å². The molecule has 0 bridgehead atoms. The van der Waals surface area contributed by atoms with Crippen molar-refractivity contribution in [3.8, 4) is 11.5 Å². The van der Waals surface area contributed by atoms with Gasteiger partial charge in [0.1, 0.15) is 30.8 Å². The Labute approximate surface area is 177 Å². The SMILES string of the molecule is CCC(=O)O.OC(COc1ccc(Cl)cc1Cl)COc1ccc(Cl)cc1Cl. The highest BCUT2D eigenvalue weighted by Gasteiger charge is 2.10. The van der Waals surface area contributed by atoms with Crippen LogP contribution in [0.15, 0.2) is 36.4 Å². The van der Waals surface area contributed by atoms with Crippen molar-refractivity contribution >= 4 is 52.4 Å². The third-order valence-corrected chi connectivity index (χ3v) is 4.01. The van der Waals surface area contributed by atoms with Crippen LogP contribution in [0.2, 0.25) is 20.1 Å². The molecule has 27 heavy (non-hydrogen) atoms. The van der Waals surface area contributed by atoms with E-state index in [1.165, 1.54) is 0 Å². The summed E-state index contributed by atoms with van der Waals surface area (Å²) in [4.78, 5) is 9.37. The Morgan fingerprint density at radius 3 is 1.59 bits per heavy atom. The maximum absolute atomic E-state index is 9.87. The van der Waals surface area contributed by atoms with Gasteiger partial charge in [-0.1, -0.05) is 53.3 Å². The van der Waals surface area contributed by atoms with Gasteiger partial charge in [0.25, 0.3) is 0 Å². The second-order valence-electron chi connectivity index (χ2n) is 5.17. The van der Waals surface area contributed by atoms with E-state index in [1.54, 1.807) is 43.3 Å². The number of carboxylic acids is 1. The summed E-state index contributed by atoms with van der Waals surface area (Å²) in [5.74, 6) is 0.134. The highest BCUT2D eigenvalue weighted by Crippen LogP contribution is 2.28. The maximum atomic E-state index is 9.87. The lowest BCUT2D eigenvalue weighted by Crippen LogP contribution is -2.25. The molecule has 0 atom stereocenters. The summed E-state index contributed by atoms with van der Waals surface area (Å²) in [5.41, 5.74) is 0. The largest absolute Gasteiger partial charge is 0.489 e. The van der Waals surface area contributed by atoms with E-state index in [1.807, 2.05) is 0 Å². The molecule has 0 radical (unpaired) electrons. The second-order valence-corrected chi connectivity index (χ2v) is 6.86. The maximum Gasteiger partial charge on any atom is 0.303 e. The van der Waals surface area contributed by atoms with Crippen LogP contribution in [0.3, 0.4) is 0 Å². The van der Waals surface area contributed by atoms with E-state index in [-0.39, 0.29) is 19.6 Å². The molecule has 0 aliphatic carbocycles. The van der Waals surface area contributed by atoms with Crippen LogP contribution in [0.25, 0.3) is 0 Å². The molecule has 5 nitrogen and oxygen atoms in total. The highest BCUT2D eigenvalue weighted by atomic mass is 35.5. The first-order valence-electron chi connectivity index (χ1n) is 7.78. The first kappa shape index (κ1) is 23.7. The fourth-order valence-corrected chi connectivity index (χ4v) is 2.53. The van der Waals surface area contributed by atoms with Crippen molar-refractivity contribution in [3.63, 3.8) is 0 Å². The zero-order valence-electron chi connectivity index (χ0n) is 14.3. The molecule has 2 aromatic rings. The Morgan fingerprint density at radius 1 is 0.926 bits per heavy atom. The Hall–Kier alpha value is -1.37. The van der Waals surface area contributed by atoms with E-state index in [9.17, 15) is 9.90 Å². The monoisotopic (exact) mass is 454 g/mol. The lowest BCUT2D eigenvalue weighted by atomic mass is 10.3. The second kappa shape index (κ2) is 12.2. The number of hydrogen-bond donors (Lipinski definition) is 2. The molecule has 0 fully saturated rings. The average molecular weight is 456 g/mol. The summed E-state index contributed by atoms with van der Waals surface area (Å²) < 4.78 is 10.8. The van der Waals surface area contributed by atoms with Crippen LogP contribution in [0.5, 0.6) is 11.5 Å². The fraction of sp³-hybridized carbons (Fsp3) is 0.278. The molecule has 0 amide bonds. The van der Waals surface area contributed by atoms with Gasteiger partial charge in [0, 0.05) is 16.5 Å². The molecule has 0 heterocycles. The molecule has 0 aliphatic heterocycles.